The van der Waals surface area contributed by atoms with Gasteiger partial charge in [0.1, 0.15) is 0 Å². The second kappa shape index (κ2) is 7.77. The zero-order valence-electron chi connectivity index (χ0n) is 15.5. The zero-order valence-corrected chi connectivity index (χ0v) is 15.5. The normalized spacial score (nSPS) is 18.6. The standard InChI is InChI=1S/C21H20F3N3O2/c22-21(23,24)12-29-19-4-1-13(11-27-19)5-7-26-20(28)17-10-16(17)15-3-2-14-6-8-25-18(14)9-15/h1-4,6,8-9,11,16-17,25H,5,7,10,12H2,(H,26,28). The van der Waals surface area contributed by atoms with Crippen LogP contribution in [0.25, 0.3) is 10.9 Å². The molecular formula is C21H20F3N3O2. The summed E-state index contributed by atoms with van der Waals surface area (Å²) in [5.74, 6) is 0.183. The monoisotopic (exact) mass is 403 g/mol. The highest BCUT2D eigenvalue weighted by Gasteiger charge is 2.43. The number of alkyl halides is 3. The minimum Gasteiger partial charge on any atom is -0.468 e. The number of halogens is 3. The predicted octanol–water partition coefficient (Wildman–Crippen LogP) is 3.97. The summed E-state index contributed by atoms with van der Waals surface area (Å²) in [5, 5.41) is 4.08. The van der Waals surface area contributed by atoms with Crippen molar-refractivity contribution in [1.82, 2.24) is 15.3 Å². The highest BCUT2D eigenvalue weighted by atomic mass is 19.4. The Morgan fingerprint density at radius 1 is 1.24 bits per heavy atom. The van der Waals surface area contributed by atoms with Crippen LogP contribution in [0.4, 0.5) is 13.2 Å². The maximum Gasteiger partial charge on any atom is 0.422 e. The van der Waals surface area contributed by atoms with Gasteiger partial charge in [0.25, 0.3) is 0 Å². The van der Waals surface area contributed by atoms with Crippen molar-refractivity contribution in [3.63, 3.8) is 0 Å². The second-order valence-electron chi connectivity index (χ2n) is 7.22. The molecule has 8 heteroatoms. The quantitative estimate of drug-likeness (QED) is 0.627. The second-order valence-corrected chi connectivity index (χ2v) is 7.22. The Morgan fingerprint density at radius 2 is 2.10 bits per heavy atom. The molecule has 0 spiro atoms. The summed E-state index contributed by atoms with van der Waals surface area (Å²) in [5.41, 5.74) is 3.05. The third-order valence-electron chi connectivity index (χ3n) is 5.03. The molecule has 2 aromatic heterocycles. The molecule has 1 amide bonds. The predicted molar refractivity (Wildman–Crippen MR) is 102 cm³/mol. The fraction of sp³-hybridized carbons (Fsp3) is 0.333. The zero-order chi connectivity index (χ0) is 20.4. The lowest BCUT2D eigenvalue weighted by molar-refractivity contribution is -0.154. The van der Waals surface area contributed by atoms with E-state index < -0.39 is 12.8 Å². The van der Waals surface area contributed by atoms with Gasteiger partial charge in [-0.25, -0.2) is 4.98 Å². The molecule has 2 atom stereocenters. The van der Waals surface area contributed by atoms with E-state index in [-0.39, 0.29) is 23.6 Å². The van der Waals surface area contributed by atoms with Gasteiger partial charge in [0.15, 0.2) is 6.61 Å². The van der Waals surface area contributed by atoms with Gasteiger partial charge < -0.3 is 15.0 Å². The van der Waals surface area contributed by atoms with Crippen LogP contribution in [0.3, 0.4) is 0 Å². The summed E-state index contributed by atoms with van der Waals surface area (Å²) in [6.07, 6.45) is 0.353. The van der Waals surface area contributed by atoms with Crippen LogP contribution in [0.2, 0.25) is 0 Å². The van der Waals surface area contributed by atoms with Gasteiger partial charge in [-0.15, -0.1) is 0 Å². The highest BCUT2D eigenvalue weighted by molar-refractivity contribution is 5.84. The Bertz CT molecular complexity index is 998. The van der Waals surface area contributed by atoms with Crippen LogP contribution in [0.5, 0.6) is 5.88 Å². The van der Waals surface area contributed by atoms with E-state index in [0.717, 1.165) is 22.9 Å². The Hall–Kier alpha value is -3.03. The van der Waals surface area contributed by atoms with Gasteiger partial charge in [-0.2, -0.15) is 13.2 Å². The van der Waals surface area contributed by atoms with Crippen LogP contribution in [-0.4, -0.2) is 35.2 Å². The van der Waals surface area contributed by atoms with Gasteiger partial charge in [-0.1, -0.05) is 18.2 Å². The first kappa shape index (κ1) is 19.3. The molecule has 0 aliphatic heterocycles. The van der Waals surface area contributed by atoms with Crippen LogP contribution in [0.15, 0.2) is 48.8 Å². The smallest absolute Gasteiger partial charge is 0.422 e. The summed E-state index contributed by atoms with van der Waals surface area (Å²) in [6.45, 7) is -0.920. The number of rotatable bonds is 7. The number of benzene rings is 1. The van der Waals surface area contributed by atoms with Gasteiger partial charge in [0.2, 0.25) is 11.8 Å². The SMILES string of the molecule is O=C(NCCc1ccc(OCC(F)(F)F)nc1)C1CC1c1ccc2cc[nH]c2c1. The largest absolute Gasteiger partial charge is 0.468 e. The van der Waals surface area contributed by atoms with Crippen LogP contribution in [-0.2, 0) is 11.2 Å². The van der Waals surface area contributed by atoms with Gasteiger partial charge in [0, 0.05) is 36.4 Å². The molecule has 29 heavy (non-hydrogen) atoms. The van der Waals surface area contributed by atoms with E-state index in [0.29, 0.717) is 13.0 Å². The molecule has 1 aromatic carbocycles. The molecule has 3 aromatic rings. The Kier molecular flexibility index (Phi) is 5.17. The molecule has 1 aliphatic carbocycles. The lowest BCUT2D eigenvalue weighted by Gasteiger charge is -2.09. The first-order valence-electron chi connectivity index (χ1n) is 9.38. The number of nitrogens with one attached hydrogen (secondary N) is 2. The maximum absolute atomic E-state index is 12.4. The number of hydrogen-bond acceptors (Lipinski definition) is 3. The number of aromatic amines is 1. The van der Waals surface area contributed by atoms with E-state index in [1.165, 1.54) is 17.8 Å². The molecule has 0 bridgehead atoms. The van der Waals surface area contributed by atoms with Crippen LogP contribution in [0.1, 0.15) is 23.5 Å². The average molecular weight is 403 g/mol. The number of pyridine rings is 1. The highest BCUT2D eigenvalue weighted by Crippen LogP contribution is 2.48. The molecule has 4 rings (SSSR count). The summed E-state index contributed by atoms with van der Waals surface area (Å²) in [7, 11) is 0. The maximum atomic E-state index is 12.4. The minimum absolute atomic E-state index is 0.0151. The lowest BCUT2D eigenvalue weighted by atomic mass is 10.1. The molecule has 0 saturated heterocycles. The third kappa shape index (κ3) is 4.88. The first-order chi connectivity index (χ1) is 13.9. The van der Waals surface area contributed by atoms with E-state index in [2.05, 4.69) is 38.2 Å². The van der Waals surface area contributed by atoms with Crippen LogP contribution in [0, 0.1) is 5.92 Å². The van der Waals surface area contributed by atoms with Crippen molar-refractivity contribution in [3.8, 4) is 5.88 Å². The molecule has 2 heterocycles. The van der Waals surface area contributed by atoms with Gasteiger partial charge >= 0.3 is 6.18 Å². The number of fused-ring (bicyclic) bond motifs is 1. The van der Waals surface area contributed by atoms with E-state index >= 15 is 0 Å². The Labute approximate surface area is 165 Å². The van der Waals surface area contributed by atoms with E-state index in [4.69, 9.17) is 0 Å². The minimum atomic E-state index is -4.39. The van der Waals surface area contributed by atoms with Crippen molar-refractivity contribution >= 4 is 16.8 Å². The van der Waals surface area contributed by atoms with E-state index in [1.54, 1.807) is 6.07 Å². The molecular weight excluding hydrogens is 383 g/mol. The first-order valence-corrected chi connectivity index (χ1v) is 9.38. The number of carbonyl (C=O) groups is 1. The third-order valence-corrected chi connectivity index (χ3v) is 5.03. The fourth-order valence-electron chi connectivity index (χ4n) is 3.41. The molecule has 2 N–H and O–H groups in total. The summed E-state index contributed by atoms with van der Waals surface area (Å²) < 4.78 is 41.0. The number of aromatic nitrogens is 2. The number of H-pyrrole nitrogens is 1. The van der Waals surface area contributed by atoms with E-state index in [1.807, 2.05) is 12.3 Å². The molecule has 2 unspecified atom stereocenters. The van der Waals surface area contributed by atoms with Crippen LogP contribution < -0.4 is 10.1 Å². The molecule has 5 nitrogen and oxygen atoms in total. The van der Waals surface area contributed by atoms with Crippen molar-refractivity contribution in [2.24, 2.45) is 5.92 Å². The van der Waals surface area contributed by atoms with Crippen molar-refractivity contribution in [2.75, 3.05) is 13.2 Å². The summed E-state index contributed by atoms with van der Waals surface area (Å²) >= 11 is 0. The van der Waals surface area contributed by atoms with Crippen molar-refractivity contribution in [2.45, 2.75) is 24.9 Å². The summed E-state index contributed by atoms with van der Waals surface area (Å²) in [4.78, 5) is 19.4. The number of amides is 1. The number of hydrogen-bond donors (Lipinski definition) is 2. The van der Waals surface area contributed by atoms with Gasteiger partial charge in [0.05, 0.1) is 0 Å². The average Bonchev–Trinajstić information content (AvgIpc) is 3.36. The molecule has 1 aliphatic rings. The van der Waals surface area contributed by atoms with Gasteiger partial charge in [-0.05, 0) is 47.4 Å². The Morgan fingerprint density at radius 3 is 2.86 bits per heavy atom. The molecule has 0 radical (unpaired) electrons. The number of ether oxygens (including phenoxy) is 1. The Balaban J connectivity index is 1.22. The molecule has 1 fully saturated rings. The van der Waals surface area contributed by atoms with Crippen molar-refractivity contribution in [1.29, 1.82) is 0 Å². The van der Waals surface area contributed by atoms with Crippen LogP contribution >= 0.6 is 0 Å². The fourth-order valence-corrected chi connectivity index (χ4v) is 3.41. The lowest BCUT2D eigenvalue weighted by Crippen LogP contribution is -2.27. The number of nitrogens with zero attached hydrogens (tertiary/aromatic N) is 1. The van der Waals surface area contributed by atoms with Crippen molar-refractivity contribution in [3.05, 3.63) is 59.9 Å². The molecule has 152 valence electrons. The van der Waals surface area contributed by atoms with Gasteiger partial charge in [-0.3, -0.25) is 4.79 Å². The van der Waals surface area contributed by atoms with Crippen molar-refractivity contribution < 1.29 is 22.7 Å². The summed E-state index contributed by atoms with van der Waals surface area (Å²) in [6, 6.07) is 11.3. The topological polar surface area (TPSA) is 67.0 Å². The molecule has 1 saturated carbocycles. The number of carbonyl (C=O) groups excluding carboxylic acids is 1. The van der Waals surface area contributed by atoms with E-state index in [9.17, 15) is 18.0 Å².